The van der Waals surface area contributed by atoms with Crippen LogP contribution in [0.5, 0.6) is 0 Å². The van der Waals surface area contributed by atoms with Gasteiger partial charge in [0.05, 0.1) is 22.6 Å². The molecule has 1 amide bonds. The van der Waals surface area contributed by atoms with Gasteiger partial charge in [-0.15, -0.1) is 0 Å². The van der Waals surface area contributed by atoms with Crippen molar-refractivity contribution in [2.24, 2.45) is 5.92 Å². The molecule has 0 N–H and O–H groups in total. The lowest BCUT2D eigenvalue weighted by atomic mass is 10.1. The first-order chi connectivity index (χ1) is 14.8. The molecule has 1 atom stereocenters. The Morgan fingerprint density at radius 1 is 1.06 bits per heavy atom. The number of amides is 1. The molecule has 0 saturated heterocycles. The predicted molar refractivity (Wildman–Crippen MR) is 127 cm³/mol. The second kappa shape index (κ2) is 9.90. The lowest BCUT2D eigenvalue weighted by Gasteiger charge is -2.32. The van der Waals surface area contributed by atoms with E-state index in [-0.39, 0.29) is 17.5 Å². The molecule has 0 bridgehead atoms. The maximum absolute atomic E-state index is 13.6. The molecule has 1 heterocycles. The molecule has 31 heavy (non-hydrogen) atoms. The Morgan fingerprint density at radius 2 is 1.74 bits per heavy atom. The molecule has 0 saturated carbocycles. The highest BCUT2D eigenvalue weighted by atomic mass is 16.2. The molecule has 0 aliphatic rings. The molecule has 0 fully saturated rings. The number of carbonyl (C=O) groups is 1. The van der Waals surface area contributed by atoms with Crippen LogP contribution in [0.3, 0.4) is 0 Å². The van der Waals surface area contributed by atoms with Gasteiger partial charge in [0, 0.05) is 13.0 Å². The van der Waals surface area contributed by atoms with E-state index in [9.17, 15) is 9.59 Å². The highest BCUT2D eigenvalue weighted by molar-refractivity contribution is 5.79. The highest BCUT2D eigenvalue weighted by Crippen LogP contribution is 2.25. The number of hydrogen-bond acceptors (Lipinski definition) is 3. The van der Waals surface area contributed by atoms with Crippen LogP contribution < -0.4 is 5.56 Å². The van der Waals surface area contributed by atoms with Crippen molar-refractivity contribution in [3.63, 3.8) is 0 Å². The molecular weight excluding hydrogens is 386 g/mol. The van der Waals surface area contributed by atoms with E-state index in [1.165, 1.54) is 0 Å². The van der Waals surface area contributed by atoms with Crippen molar-refractivity contribution in [3.05, 3.63) is 70.3 Å². The van der Waals surface area contributed by atoms with E-state index in [0.29, 0.717) is 35.6 Å². The fourth-order valence-corrected chi connectivity index (χ4v) is 3.96. The van der Waals surface area contributed by atoms with Gasteiger partial charge in [0.25, 0.3) is 5.56 Å². The van der Waals surface area contributed by atoms with Gasteiger partial charge in [-0.3, -0.25) is 14.2 Å². The van der Waals surface area contributed by atoms with Crippen molar-refractivity contribution >= 4 is 16.8 Å². The van der Waals surface area contributed by atoms with Gasteiger partial charge in [-0.05, 0) is 49.9 Å². The first kappa shape index (κ1) is 22.7. The molecule has 0 aliphatic heterocycles. The lowest BCUT2D eigenvalue weighted by Crippen LogP contribution is -2.39. The van der Waals surface area contributed by atoms with Gasteiger partial charge >= 0.3 is 0 Å². The van der Waals surface area contributed by atoms with E-state index < -0.39 is 0 Å². The molecular formula is C26H33N3O2. The van der Waals surface area contributed by atoms with Gasteiger partial charge in [-0.1, -0.05) is 57.5 Å². The number of fused-ring (bicyclic) bond motifs is 1. The number of nitrogens with zero attached hydrogens (tertiary/aromatic N) is 3. The van der Waals surface area contributed by atoms with Gasteiger partial charge in [0.1, 0.15) is 5.82 Å². The summed E-state index contributed by atoms with van der Waals surface area (Å²) in [5, 5.41) is 0.578. The summed E-state index contributed by atoms with van der Waals surface area (Å²) in [5.74, 6) is 1.03. The van der Waals surface area contributed by atoms with Crippen LogP contribution in [-0.2, 0) is 4.79 Å². The minimum absolute atomic E-state index is 0.104. The summed E-state index contributed by atoms with van der Waals surface area (Å²) in [6.45, 7) is 10.9. The second-order valence-corrected chi connectivity index (χ2v) is 8.63. The summed E-state index contributed by atoms with van der Waals surface area (Å²) < 4.78 is 1.70. The minimum atomic E-state index is -0.330. The molecule has 5 heteroatoms. The smallest absolute Gasteiger partial charge is 0.266 e. The van der Waals surface area contributed by atoms with Crippen molar-refractivity contribution in [1.82, 2.24) is 14.5 Å². The fraction of sp³-hybridized carbons (Fsp3) is 0.423. The Kier molecular flexibility index (Phi) is 7.26. The zero-order valence-electron chi connectivity index (χ0n) is 19.3. The van der Waals surface area contributed by atoms with Gasteiger partial charge in [0.2, 0.25) is 5.91 Å². The summed E-state index contributed by atoms with van der Waals surface area (Å²) in [4.78, 5) is 33.5. The molecule has 0 spiro atoms. The molecule has 5 nitrogen and oxygen atoms in total. The third-order valence-corrected chi connectivity index (χ3v) is 5.63. The van der Waals surface area contributed by atoms with Gasteiger partial charge in [-0.2, -0.15) is 0 Å². The predicted octanol–water partition coefficient (Wildman–Crippen LogP) is 5.43. The average Bonchev–Trinajstić information content (AvgIpc) is 2.76. The Labute approximate surface area is 184 Å². The first-order valence-electron chi connectivity index (χ1n) is 11.2. The normalized spacial score (nSPS) is 12.3. The zero-order valence-corrected chi connectivity index (χ0v) is 19.3. The molecule has 0 radical (unpaired) electrons. The van der Waals surface area contributed by atoms with Crippen LogP contribution in [0.4, 0.5) is 0 Å². The lowest BCUT2D eigenvalue weighted by molar-refractivity contribution is -0.134. The van der Waals surface area contributed by atoms with Crippen molar-refractivity contribution in [1.29, 1.82) is 0 Å². The van der Waals surface area contributed by atoms with Gasteiger partial charge < -0.3 is 4.90 Å². The van der Waals surface area contributed by atoms with E-state index in [2.05, 4.69) is 20.8 Å². The van der Waals surface area contributed by atoms with Crippen molar-refractivity contribution in [2.75, 3.05) is 6.54 Å². The number of unbranched alkanes of at least 4 members (excludes halogenated alkanes) is 1. The molecule has 2 aromatic carbocycles. The highest BCUT2D eigenvalue weighted by Gasteiger charge is 2.27. The maximum Gasteiger partial charge on any atom is 0.266 e. The number of aromatic nitrogens is 2. The number of benzene rings is 2. The van der Waals surface area contributed by atoms with Crippen LogP contribution >= 0.6 is 0 Å². The number of rotatable bonds is 8. The van der Waals surface area contributed by atoms with Gasteiger partial charge in [0.15, 0.2) is 0 Å². The van der Waals surface area contributed by atoms with E-state index in [1.54, 1.807) is 4.57 Å². The molecule has 3 aromatic rings. The molecule has 3 rings (SSSR count). The quantitative estimate of drug-likeness (QED) is 0.489. The maximum atomic E-state index is 13.6. The minimum Gasteiger partial charge on any atom is -0.333 e. The topological polar surface area (TPSA) is 55.2 Å². The summed E-state index contributed by atoms with van der Waals surface area (Å²) in [5.41, 5.74) is 2.35. The third-order valence-electron chi connectivity index (χ3n) is 5.63. The molecule has 1 unspecified atom stereocenters. The van der Waals surface area contributed by atoms with Crippen LogP contribution in [-0.4, -0.2) is 26.9 Å². The van der Waals surface area contributed by atoms with Crippen molar-refractivity contribution in [2.45, 2.75) is 59.9 Å². The average molecular weight is 420 g/mol. The van der Waals surface area contributed by atoms with Crippen LogP contribution in [0.25, 0.3) is 16.6 Å². The number of para-hydroxylation sites is 2. The Balaban J connectivity index is 2.23. The van der Waals surface area contributed by atoms with E-state index >= 15 is 0 Å². The fourth-order valence-electron chi connectivity index (χ4n) is 3.96. The summed E-state index contributed by atoms with van der Waals surface area (Å²) in [6, 6.07) is 14.9. The zero-order chi connectivity index (χ0) is 22.5. The first-order valence-corrected chi connectivity index (χ1v) is 11.2. The second-order valence-electron chi connectivity index (χ2n) is 8.63. The summed E-state index contributed by atoms with van der Waals surface area (Å²) >= 11 is 0. The van der Waals surface area contributed by atoms with Crippen molar-refractivity contribution < 1.29 is 4.79 Å². The van der Waals surface area contributed by atoms with Crippen molar-refractivity contribution in [3.8, 4) is 5.69 Å². The van der Waals surface area contributed by atoms with E-state index in [1.807, 2.05) is 67.3 Å². The number of aryl methyl sites for hydroxylation is 1. The Bertz CT molecular complexity index is 1120. The Hall–Kier alpha value is -2.95. The number of carbonyl (C=O) groups excluding carboxylic acids is 1. The summed E-state index contributed by atoms with van der Waals surface area (Å²) in [7, 11) is 0. The van der Waals surface area contributed by atoms with Crippen LogP contribution in [0.2, 0.25) is 0 Å². The SMILES string of the molecule is CCCCC(=O)N(CC(C)C)C(C)c1nc2ccccc2c(=O)n1-c1ccccc1C. The Morgan fingerprint density at radius 3 is 2.42 bits per heavy atom. The molecule has 164 valence electrons. The summed E-state index contributed by atoms with van der Waals surface area (Å²) in [6.07, 6.45) is 2.34. The monoisotopic (exact) mass is 419 g/mol. The van der Waals surface area contributed by atoms with E-state index in [0.717, 1.165) is 24.1 Å². The largest absolute Gasteiger partial charge is 0.333 e. The van der Waals surface area contributed by atoms with Gasteiger partial charge in [-0.25, -0.2) is 4.98 Å². The molecule has 0 aliphatic carbocycles. The standard InChI is InChI=1S/C26H33N3O2/c1-6-7-16-24(30)28(17-18(2)3)20(5)25-27-22-14-10-9-13-21(22)26(31)29(25)23-15-11-8-12-19(23)4/h8-15,18,20H,6-7,16-17H2,1-5H3. The molecule has 1 aromatic heterocycles. The van der Waals surface area contributed by atoms with Crippen LogP contribution in [0.1, 0.15) is 64.4 Å². The van der Waals surface area contributed by atoms with Crippen LogP contribution in [0, 0.1) is 12.8 Å². The third kappa shape index (κ3) is 4.87. The van der Waals surface area contributed by atoms with Crippen LogP contribution in [0.15, 0.2) is 53.3 Å². The number of hydrogen-bond donors (Lipinski definition) is 0. The van der Waals surface area contributed by atoms with E-state index in [4.69, 9.17) is 4.98 Å².